The molecule has 0 aromatic heterocycles. The Bertz CT molecular complexity index is 496. The van der Waals surface area contributed by atoms with E-state index < -0.39 is 10.0 Å². The van der Waals surface area contributed by atoms with Gasteiger partial charge in [0.2, 0.25) is 10.0 Å². The summed E-state index contributed by atoms with van der Waals surface area (Å²) in [7, 11) is -3.36. The third-order valence-electron chi connectivity index (χ3n) is 3.69. The molecule has 0 atom stereocenters. The van der Waals surface area contributed by atoms with Crippen molar-refractivity contribution in [2.24, 2.45) is 0 Å². The maximum absolute atomic E-state index is 12.0. The molecule has 0 saturated carbocycles. The van der Waals surface area contributed by atoms with Crippen molar-refractivity contribution < 1.29 is 8.42 Å². The van der Waals surface area contributed by atoms with Crippen LogP contribution in [0, 0.1) is 0 Å². The van der Waals surface area contributed by atoms with Gasteiger partial charge >= 0.3 is 0 Å². The van der Waals surface area contributed by atoms with Gasteiger partial charge in [0.15, 0.2) is 0 Å². The first-order valence-corrected chi connectivity index (χ1v) is 8.59. The van der Waals surface area contributed by atoms with Crippen LogP contribution in [0.25, 0.3) is 0 Å². The quantitative estimate of drug-likeness (QED) is 0.835. The second-order valence-corrected chi connectivity index (χ2v) is 6.75. The van der Waals surface area contributed by atoms with Gasteiger partial charge in [-0.2, -0.15) is 0 Å². The minimum atomic E-state index is -3.36. The molecule has 1 fully saturated rings. The molecule has 6 heteroatoms. The molecule has 0 aliphatic carbocycles. The minimum Gasteiger partial charge on any atom is -0.301 e. The van der Waals surface area contributed by atoms with Crippen LogP contribution in [-0.2, 0) is 10.0 Å². The maximum atomic E-state index is 12.0. The highest BCUT2D eigenvalue weighted by atomic mass is 32.2. The second-order valence-electron chi connectivity index (χ2n) is 4.99. The fourth-order valence-electron chi connectivity index (χ4n) is 2.35. The predicted molar refractivity (Wildman–Crippen MR) is 80.2 cm³/mol. The van der Waals surface area contributed by atoms with Crippen molar-refractivity contribution in [1.29, 1.82) is 0 Å². The number of sulfonamides is 1. The highest BCUT2D eigenvalue weighted by molar-refractivity contribution is 7.89. The minimum absolute atomic E-state index is 0.329. The molecule has 5 nitrogen and oxygen atoms in total. The number of benzene rings is 1. The number of piperazine rings is 1. The number of nitrogens with zero attached hydrogens (tertiary/aromatic N) is 2. The van der Waals surface area contributed by atoms with E-state index in [1.807, 2.05) is 6.07 Å². The normalized spacial score (nSPS) is 18.2. The number of hydrogen-bond donors (Lipinski definition) is 1. The van der Waals surface area contributed by atoms with Crippen LogP contribution >= 0.6 is 0 Å². The third-order valence-corrected chi connectivity index (χ3v) is 5.16. The van der Waals surface area contributed by atoms with Crippen molar-refractivity contribution in [2.45, 2.75) is 11.8 Å². The van der Waals surface area contributed by atoms with Crippen LogP contribution in [-0.4, -0.2) is 64.0 Å². The molecule has 0 bridgehead atoms. The highest BCUT2D eigenvalue weighted by Crippen LogP contribution is 2.07. The molecule has 2 rings (SSSR count). The van der Waals surface area contributed by atoms with Crippen molar-refractivity contribution in [3.8, 4) is 0 Å². The van der Waals surface area contributed by atoms with Gasteiger partial charge in [0.25, 0.3) is 0 Å². The second kappa shape index (κ2) is 7.17. The van der Waals surface area contributed by atoms with Crippen LogP contribution in [0.2, 0.25) is 0 Å². The molecule has 0 amide bonds. The van der Waals surface area contributed by atoms with E-state index in [-0.39, 0.29) is 0 Å². The summed E-state index contributed by atoms with van der Waals surface area (Å²) in [6.07, 6.45) is 0. The molecule has 1 aliphatic rings. The fraction of sp³-hybridized carbons (Fsp3) is 0.571. The largest absolute Gasteiger partial charge is 0.301 e. The zero-order valence-corrected chi connectivity index (χ0v) is 12.8. The zero-order chi connectivity index (χ0) is 14.4. The van der Waals surface area contributed by atoms with E-state index in [0.29, 0.717) is 11.4 Å². The van der Waals surface area contributed by atoms with Gasteiger partial charge in [-0.1, -0.05) is 25.1 Å². The van der Waals surface area contributed by atoms with E-state index in [1.165, 1.54) is 0 Å². The summed E-state index contributed by atoms with van der Waals surface area (Å²) in [6, 6.07) is 8.51. The molecule has 20 heavy (non-hydrogen) atoms. The molecule has 1 aliphatic heterocycles. The van der Waals surface area contributed by atoms with Crippen LogP contribution < -0.4 is 4.72 Å². The maximum Gasteiger partial charge on any atom is 0.240 e. The van der Waals surface area contributed by atoms with Gasteiger partial charge in [-0.05, 0) is 18.7 Å². The molecule has 0 unspecified atom stereocenters. The summed E-state index contributed by atoms with van der Waals surface area (Å²) in [5, 5.41) is 0. The number of nitrogens with one attached hydrogen (secondary N) is 1. The molecule has 112 valence electrons. The summed E-state index contributed by atoms with van der Waals surface area (Å²) in [5.74, 6) is 0. The summed E-state index contributed by atoms with van der Waals surface area (Å²) < 4.78 is 26.7. The van der Waals surface area contributed by atoms with Crippen LogP contribution in [0.1, 0.15) is 6.92 Å². The van der Waals surface area contributed by atoms with E-state index in [9.17, 15) is 8.42 Å². The van der Waals surface area contributed by atoms with Crippen molar-refractivity contribution in [3.05, 3.63) is 30.3 Å². The van der Waals surface area contributed by atoms with Gasteiger partial charge in [0, 0.05) is 39.3 Å². The van der Waals surface area contributed by atoms with Gasteiger partial charge in [0.05, 0.1) is 4.90 Å². The Morgan fingerprint density at radius 2 is 1.65 bits per heavy atom. The lowest BCUT2D eigenvalue weighted by Crippen LogP contribution is -2.48. The van der Waals surface area contributed by atoms with Crippen molar-refractivity contribution >= 4 is 10.0 Å². The van der Waals surface area contributed by atoms with E-state index in [0.717, 1.165) is 39.3 Å². The fourth-order valence-corrected chi connectivity index (χ4v) is 3.39. The third kappa shape index (κ3) is 4.28. The van der Waals surface area contributed by atoms with Gasteiger partial charge in [0.1, 0.15) is 0 Å². The Morgan fingerprint density at radius 3 is 2.25 bits per heavy atom. The summed E-state index contributed by atoms with van der Waals surface area (Å²) >= 11 is 0. The van der Waals surface area contributed by atoms with Crippen LogP contribution in [0.5, 0.6) is 0 Å². The lowest BCUT2D eigenvalue weighted by atomic mass is 10.3. The van der Waals surface area contributed by atoms with Gasteiger partial charge < -0.3 is 4.90 Å². The number of hydrogen-bond acceptors (Lipinski definition) is 4. The molecule has 0 radical (unpaired) electrons. The van der Waals surface area contributed by atoms with Gasteiger partial charge in [-0.15, -0.1) is 0 Å². The molecule has 1 saturated heterocycles. The Balaban J connectivity index is 1.76. The lowest BCUT2D eigenvalue weighted by Gasteiger charge is -2.33. The van der Waals surface area contributed by atoms with Crippen molar-refractivity contribution in [1.82, 2.24) is 14.5 Å². The lowest BCUT2D eigenvalue weighted by molar-refractivity contribution is 0.139. The van der Waals surface area contributed by atoms with E-state index in [2.05, 4.69) is 21.4 Å². The Kier molecular flexibility index (Phi) is 5.54. The smallest absolute Gasteiger partial charge is 0.240 e. The first-order chi connectivity index (χ1) is 9.62. The van der Waals surface area contributed by atoms with Crippen LogP contribution in [0.4, 0.5) is 0 Å². The summed E-state index contributed by atoms with van der Waals surface area (Å²) in [6.45, 7) is 8.66. The van der Waals surface area contributed by atoms with Gasteiger partial charge in [-0.25, -0.2) is 13.1 Å². The molecule has 1 N–H and O–H groups in total. The average molecular weight is 297 g/mol. The topological polar surface area (TPSA) is 52.6 Å². The molecule has 0 spiro atoms. The molecule has 1 heterocycles. The van der Waals surface area contributed by atoms with E-state index in [1.54, 1.807) is 24.3 Å². The Hall–Kier alpha value is -0.950. The summed E-state index contributed by atoms with van der Waals surface area (Å²) in [4.78, 5) is 5.04. The molecule has 1 aromatic rings. The SMILES string of the molecule is CCN1CCN(CCNS(=O)(=O)c2ccccc2)CC1. The monoisotopic (exact) mass is 297 g/mol. The highest BCUT2D eigenvalue weighted by Gasteiger charge is 2.17. The molecular formula is C14H23N3O2S. The Morgan fingerprint density at radius 1 is 1.05 bits per heavy atom. The number of rotatable bonds is 6. The zero-order valence-electron chi connectivity index (χ0n) is 12.0. The standard InChI is InChI=1S/C14H23N3O2S/c1-2-16-10-12-17(13-11-16)9-8-15-20(18,19)14-6-4-3-5-7-14/h3-7,15H,2,8-13H2,1H3. The van der Waals surface area contributed by atoms with Crippen LogP contribution in [0.3, 0.4) is 0 Å². The number of likely N-dealkylation sites (N-methyl/N-ethyl adjacent to an activating group) is 1. The summed E-state index contributed by atoms with van der Waals surface area (Å²) in [5.41, 5.74) is 0. The first-order valence-electron chi connectivity index (χ1n) is 7.11. The van der Waals surface area contributed by atoms with E-state index in [4.69, 9.17) is 0 Å². The predicted octanol–water partition coefficient (Wildman–Crippen LogP) is 0.602. The molecule has 1 aromatic carbocycles. The molecular weight excluding hydrogens is 274 g/mol. The van der Waals surface area contributed by atoms with Gasteiger partial charge in [-0.3, -0.25) is 4.90 Å². The first kappa shape index (κ1) is 15.4. The Labute approximate surface area is 121 Å². The van der Waals surface area contributed by atoms with Crippen molar-refractivity contribution in [3.63, 3.8) is 0 Å². The average Bonchev–Trinajstić information content (AvgIpc) is 2.49. The van der Waals surface area contributed by atoms with Crippen molar-refractivity contribution in [2.75, 3.05) is 45.8 Å². The van der Waals surface area contributed by atoms with E-state index >= 15 is 0 Å². The van der Waals surface area contributed by atoms with Crippen LogP contribution in [0.15, 0.2) is 35.2 Å².